The summed E-state index contributed by atoms with van der Waals surface area (Å²) in [5.74, 6) is 0.0456. The van der Waals surface area contributed by atoms with Gasteiger partial charge in [0.2, 0.25) is 0 Å². The quantitative estimate of drug-likeness (QED) is 0.649. The Kier molecular flexibility index (Phi) is 5.43. The molecule has 32 heavy (non-hydrogen) atoms. The Bertz CT molecular complexity index is 1150. The Morgan fingerprint density at radius 3 is 2.66 bits per heavy atom. The number of aliphatic hydroxyl groups excluding tert-OH is 1. The van der Waals surface area contributed by atoms with Gasteiger partial charge in [-0.05, 0) is 61.8 Å². The monoisotopic (exact) mass is 441 g/mol. The van der Waals surface area contributed by atoms with Crippen LogP contribution in [0.25, 0.3) is 10.9 Å². The van der Waals surface area contributed by atoms with Gasteiger partial charge in [0.15, 0.2) is 0 Å². The summed E-state index contributed by atoms with van der Waals surface area (Å²) in [5, 5.41) is 14.8. The van der Waals surface area contributed by atoms with E-state index in [9.17, 15) is 13.9 Å². The highest BCUT2D eigenvalue weighted by molar-refractivity contribution is 5.88. The lowest BCUT2D eigenvalue weighted by atomic mass is 9.69. The number of aromatic nitrogens is 1. The molecule has 1 fully saturated rings. The smallest absolute Gasteiger partial charge is 0.127 e. The van der Waals surface area contributed by atoms with Crippen molar-refractivity contribution < 1.29 is 18.6 Å². The second-order valence-electron chi connectivity index (χ2n) is 9.11. The molecule has 1 atom stereocenters. The van der Waals surface area contributed by atoms with Crippen LogP contribution < -0.4 is 10.1 Å². The van der Waals surface area contributed by atoms with E-state index in [1.807, 2.05) is 13.1 Å². The molecular formula is C25H29F2N3O2. The zero-order valence-electron chi connectivity index (χ0n) is 18.5. The molecule has 0 radical (unpaired) electrons. The Morgan fingerprint density at radius 1 is 1.16 bits per heavy atom. The molecule has 7 heteroatoms. The lowest BCUT2D eigenvalue weighted by molar-refractivity contribution is 0.130. The normalized spacial score (nSPS) is 20.6. The van der Waals surface area contributed by atoms with Gasteiger partial charge in [-0.1, -0.05) is 0 Å². The first kappa shape index (κ1) is 21.4. The van der Waals surface area contributed by atoms with Crippen molar-refractivity contribution in [1.82, 2.24) is 14.8 Å². The van der Waals surface area contributed by atoms with Crippen molar-refractivity contribution in [2.24, 2.45) is 7.05 Å². The first-order chi connectivity index (χ1) is 15.5. The van der Waals surface area contributed by atoms with E-state index in [2.05, 4.69) is 26.9 Å². The maximum atomic E-state index is 14.2. The molecule has 5 nitrogen and oxygen atoms in total. The third-order valence-corrected chi connectivity index (χ3v) is 7.40. The summed E-state index contributed by atoms with van der Waals surface area (Å²) in [6, 6.07) is 9.72. The summed E-state index contributed by atoms with van der Waals surface area (Å²) in [6.45, 7) is 2.83. The van der Waals surface area contributed by atoms with E-state index in [1.165, 1.54) is 23.1 Å². The summed E-state index contributed by atoms with van der Waals surface area (Å²) >= 11 is 0. The van der Waals surface area contributed by atoms with E-state index in [0.29, 0.717) is 12.1 Å². The molecule has 2 aliphatic heterocycles. The molecular weight excluding hydrogens is 412 g/mol. The standard InChI is InChI=1S/C25H29F2N3O2/c1-29-22-12-18(32-2)4-5-19(22)23-24(29)21(14-31)28-15-25(23)7-9-30(10-8-25)13-16-11-17(26)3-6-20(16)27/h3-6,11-12,21,28,31H,7-10,13-15H2,1-2H3/t21-/m1/s1. The second-order valence-corrected chi connectivity index (χ2v) is 9.11. The van der Waals surface area contributed by atoms with Crippen molar-refractivity contribution in [3.05, 3.63) is 64.9 Å². The molecule has 0 bridgehead atoms. The lowest BCUT2D eigenvalue weighted by Gasteiger charge is -2.46. The molecule has 0 amide bonds. The van der Waals surface area contributed by atoms with Gasteiger partial charge in [-0.2, -0.15) is 0 Å². The number of nitrogens with zero attached hydrogens (tertiary/aromatic N) is 2. The van der Waals surface area contributed by atoms with E-state index in [-0.39, 0.29) is 23.9 Å². The number of ether oxygens (including phenoxy) is 1. The van der Waals surface area contributed by atoms with Gasteiger partial charge in [0.1, 0.15) is 17.4 Å². The highest BCUT2D eigenvalue weighted by Gasteiger charge is 2.45. The van der Waals surface area contributed by atoms with Crippen LogP contribution in [0.2, 0.25) is 0 Å². The van der Waals surface area contributed by atoms with Crippen LogP contribution in [0.5, 0.6) is 5.75 Å². The van der Waals surface area contributed by atoms with E-state index in [0.717, 1.165) is 55.5 Å². The van der Waals surface area contributed by atoms with Gasteiger partial charge in [-0.15, -0.1) is 0 Å². The molecule has 2 aromatic carbocycles. The molecule has 1 aromatic heterocycles. The van der Waals surface area contributed by atoms with Crippen molar-refractivity contribution in [2.75, 3.05) is 33.4 Å². The highest BCUT2D eigenvalue weighted by Crippen LogP contribution is 2.47. The maximum Gasteiger partial charge on any atom is 0.127 e. The van der Waals surface area contributed by atoms with Crippen molar-refractivity contribution >= 4 is 10.9 Å². The fraction of sp³-hybridized carbons (Fsp3) is 0.440. The molecule has 3 aromatic rings. The van der Waals surface area contributed by atoms with Gasteiger partial charge in [0.25, 0.3) is 0 Å². The van der Waals surface area contributed by atoms with Gasteiger partial charge < -0.3 is 19.7 Å². The fourth-order valence-electron chi connectivity index (χ4n) is 5.65. The van der Waals surface area contributed by atoms with Crippen LogP contribution in [0.15, 0.2) is 36.4 Å². The third-order valence-electron chi connectivity index (χ3n) is 7.40. The number of nitrogens with one attached hydrogen (secondary N) is 1. The zero-order chi connectivity index (χ0) is 22.5. The molecule has 0 unspecified atom stereocenters. The number of fused-ring (bicyclic) bond motifs is 4. The van der Waals surface area contributed by atoms with Gasteiger partial charge >= 0.3 is 0 Å². The number of benzene rings is 2. The zero-order valence-corrected chi connectivity index (χ0v) is 18.5. The van der Waals surface area contributed by atoms with Crippen LogP contribution in [0, 0.1) is 11.6 Å². The number of rotatable bonds is 4. The van der Waals surface area contributed by atoms with Crippen molar-refractivity contribution in [2.45, 2.75) is 30.8 Å². The number of hydrogen-bond acceptors (Lipinski definition) is 4. The Balaban J connectivity index is 1.48. The number of halogens is 2. The maximum absolute atomic E-state index is 14.2. The van der Waals surface area contributed by atoms with E-state index >= 15 is 0 Å². The number of aliphatic hydroxyl groups is 1. The lowest BCUT2D eigenvalue weighted by Crippen LogP contribution is -2.52. The molecule has 5 rings (SSSR count). The predicted octanol–water partition coefficient (Wildman–Crippen LogP) is 3.64. The van der Waals surface area contributed by atoms with Crippen LogP contribution in [-0.4, -0.2) is 47.9 Å². The van der Waals surface area contributed by atoms with Crippen molar-refractivity contribution in [3.63, 3.8) is 0 Å². The summed E-state index contributed by atoms with van der Waals surface area (Å²) in [6.07, 6.45) is 1.82. The molecule has 2 N–H and O–H groups in total. The largest absolute Gasteiger partial charge is 0.497 e. The van der Waals surface area contributed by atoms with Gasteiger partial charge in [0, 0.05) is 48.3 Å². The summed E-state index contributed by atoms with van der Waals surface area (Å²) in [4.78, 5) is 2.20. The SMILES string of the molecule is COc1ccc2c3c(n(C)c2c1)[C@@H](CO)NCC31CCN(Cc2cc(F)ccc2F)CC1. The van der Waals surface area contributed by atoms with Crippen LogP contribution in [0.1, 0.15) is 35.7 Å². The van der Waals surface area contributed by atoms with Crippen LogP contribution >= 0.6 is 0 Å². The predicted molar refractivity (Wildman–Crippen MR) is 120 cm³/mol. The average Bonchev–Trinajstić information content (AvgIpc) is 3.11. The molecule has 0 saturated carbocycles. The van der Waals surface area contributed by atoms with Gasteiger partial charge in [0.05, 0.1) is 25.3 Å². The molecule has 170 valence electrons. The number of methoxy groups -OCH3 is 1. The fourth-order valence-corrected chi connectivity index (χ4v) is 5.65. The Morgan fingerprint density at radius 2 is 1.94 bits per heavy atom. The molecule has 0 aliphatic carbocycles. The summed E-state index contributed by atoms with van der Waals surface area (Å²) in [7, 11) is 3.71. The topological polar surface area (TPSA) is 49.7 Å². The molecule has 2 aliphatic rings. The summed E-state index contributed by atoms with van der Waals surface area (Å²) < 4.78 is 35.4. The average molecular weight is 442 g/mol. The third kappa shape index (κ3) is 3.39. The second kappa shape index (κ2) is 8.14. The van der Waals surface area contributed by atoms with E-state index in [4.69, 9.17) is 4.74 Å². The number of likely N-dealkylation sites (tertiary alicyclic amines) is 1. The number of aryl methyl sites for hydroxylation is 1. The summed E-state index contributed by atoms with van der Waals surface area (Å²) in [5.41, 5.74) is 3.88. The first-order valence-electron chi connectivity index (χ1n) is 11.1. The van der Waals surface area contributed by atoms with Gasteiger partial charge in [-0.25, -0.2) is 8.78 Å². The minimum Gasteiger partial charge on any atom is -0.497 e. The van der Waals surface area contributed by atoms with Gasteiger partial charge in [-0.3, -0.25) is 4.90 Å². The number of hydrogen-bond donors (Lipinski definition) is 2. The van der Waals surface area contributed by atoms with E-state index in [1.54, 1.807) is 7.11 Å². The first-order valence-corrected chi connectivity index (χ1v) is 11.1. The molecule has 3 heterocycles. The Labute approximate surface area is 186 Å². The highest BCUT2D eigenvalue weighted by atomic mass is 19.1. The van der Waals surface area contributed by atoms with Crippen LogP contribution in [0.3, 0.4) is 0 Å². The van der Waals surface area contributed by atoms with Crippen LogP contribution in [0.4, 0.5) is 8.78 Å². The molecule has 1 saturated heterocycles. The minimum atomic E-state index is -0.405. The number of piperidine rings is 1. The van der Waals surface area contributed by atoms with Crippen molar-refractivity contribution in [3.8, 4) is 5.75 Å². The minimum absolute atomic E-state index is 0.0371. The van der Waals surface area contributed by atoms with E-state index < -0.39 is 5.82 Å². The Hall–Kier alpha value is -2.48. The van der Waals surface area contributed by atoms with Crippen LogP contribution in [-0.2, 0) is 19.0 Å². The van der Waals surface area contributed by atoms with Crippen molar-refractivity contribution in [1.29, 1.82) is 0 Å². The molecule has 1 spiro atoms.